The van der Waals surface area contributed by atoms with Crippen LogP contribution in [-0.4, -0.2) is 37.2 Å². The van der Waals surface area contributed by atoms with Crippen molar-refractivity contribution in [2.24, 2.45) is 11.8 Å². The first kappa shape index (κ1) is 18.0. The molecule has 1 unspecified atom stereocenters. The van der Waals surface area contributed by atoms with Gasteiger partial charge in [-0.3, -0.25) is 9.78 Å². The molecular weight excluding hydrogens is 340 g/mol. The number of quaternary nitrogens is 1. The highest BCUT2D eigenvalue weighted by atomic mass is 16.5. The van der Waals surface area contributed by atoms with E-state index in [0.29, 0.717) is 11.8 Å². The fraction of sp³-hybridized carbons (Fsp3) is 0.455. The summed E-state index contributed by atoms with van der Waals surface area (Å²) in [6.07, 6.45) is 5.91. The van der Waals surface area contributed by atoms with Crippen molar-refractivity contribution in [1.82, 2.24) is 4.98 Å². The molecular formula is C22H27N2O3+. The van der Waals surface area contributed by atoms with Crippen molar-refractivity contribution >= 4 is 16.9 Å². The highest BCUT2D eigenvalue weighted by molar-refractivity contribution is 5.84. The number of nitrogens with one attached hydrogen (secondary N) is 1. The van der Waals surface area contributed by atoms with E-state index in [0.717, 1.165) is 41.7 Å². The van der Waals surface area contributed by atoms with Crippen molar-refractivity contribution in [3.05, 3.63) is 48.7 Å². The highest BCUT2D eigenvalue weighted by Crippen LogP contribution is 2.36. The number of benzene rings is 1. The number of hydrogen-bond donors (Lipinski definition) is 1. The van der Waals surface area contributed by atoms with Crippen LogP contribution in [0.3, 0.4) is 0 Å². The van der Waals surface area contributed by atoms with Crippen LogP contribution in [0.4, 0.5) is 0 Å². The summed E-state index contributed by atoms with van der Waals surface area (Å²) in [7, 11) is 1.66. The molecule has 1 aromatic heterocycles. The molecule has 3 aliphatic heterocycles. The number of carbonyl (C=O) groups is 1. The number of ether oxygens (including phenoxy) is 2. The molecule has 5 rings (SSSR count). The van der Waals surface area contributed by atoms with Crippen LogP contribution in [0.25, 0.3) is 10.9 Å². The van der Waals surface area contributed by atoms with E-state index in [1.165, 1.54) is 18.2 Å². The first-order valence-electron chi connectivity index (χ1n) is 9.67. The van der Waals surface area contributed by atoms with Crippen molar-refractivity contribution < 1.29 is 19.2 Å². The van der Waals surface area contributed by atoms with Crippen LogP contribution in [0.1, 0.15) is 31.4 Å². The number of pyridine rings is 1. The Morgan fingerprint density at radius 1 is 1.41 bits per heavy atom. The Kier molecular flexibility index (Phi) is 4.87. The summed E-state index contributed by atoms with van der Waals surface area (Å²) >= 11 is 0. The van der Waals surface area contributed by atoms with Gasteiger partial charge >= 0.3 is 5.97 Å². The quantitative estimate of drug-likeness (QED) is 0.651. The van der Waals surface area contributed by atoms with E-state index >= 15 is 0 Å². The number of fused-ring (bicyclic) bond motifs is 4. The zero-order valence-electron chi connectivity index (χ0n) is 16.0. The summed E-state index contributed by atoms with van der Waals surface area (Å²) in [4.78, 5) is 18.0. The van der Waals surface area contributed by atoms with Gasteiger partial charge in [-0.05, 0) is 30.2 Å². The molecule has 1 aromatic carbocycles. The molecule has 0 aliphatic carbocycles. The van der Waals surface area contributed by atoms with Crippen molar-refractivity contribution in [3.63, 3.8) is 0 Å². The van der Waals surface area contributed by atoms with E-state index in [1.54, 1.807) is 13.3 Å². The Bertz CT molecular complexity index is 866. The maximum Gasteiger partial charge on any atom is 0.303 e. The fourth-order valence-electron chi connectivity index (χ4n) is 4.95. The highest BCUT2D eigenvalue weighted by Gasteiger charge is 2.47. The molecule has 27 heavy (non-hydrogen) atoms. The summed E-state index contributed by atoms with van der Waals surface area (Å²) < 4.78 is 11.3. The average Bonchev–Trinajstić information content (AvgIpc) is 2.71. The molecule has 3 saturated heterocycles. The van der Waals surface area contributed by atoms with Crippen LogP contribution in [0.15, 0.2) is 43.1 Å². The van der Waals surface area contributed by atoms with Gasteiger partial charge in [0.2, 0.25) is 0 Å². The third kappa shape index (κ3) is 3.32. The summed E-state index contributed by atoms with van der Waals surface area (Å²) in [5.74, 6) is 1.74. The minimum atomic E-state index is -0.274. The lowest BCUT2D eigenvalue weighted by molar-refractivity contribution is -0.949. The van der Waals surface area contributed by atoms with Gasteiger partial charge in [0.15, 0.2) is 6.10 Å². The zero-order valence-corrected chi connectivity index (χ0v) is 16.0. The Balaban J connectivity index is 1.76. The van der Waals surface area contributed by atoms with Crippen molar-refractivity contribution in [2.75, 3.05) is 20.2 Å². The molecule has 142 valence electrons. The SMILES string of the molecule is C=C[C@H]1C[NH+]2CC[C@@H]1C[C@H]2[C@H](OC(C)=O)c1ccnc2ccc(OC)cc12. The number of esters is 1. The molecule has 3 aliphatic rings. The van der Waals surface area contributed by atoms with Gasteiger partial charge in [-0.15, -0.1) is 6.58 Å². The van der Waals surface area contributed by atoms with E-state index in [4.69, 9.17) is 9.47 Å². The first-order valence-corrected chi connectivity index (χ1v) is 9.67. The molecule has 5 heteroatoms. The van der Waals surface area contributed by atoms with Gasteiger partial charge in [-0.1, -0.05) is 6.08 Å². The predicted octanol–water partition coefficient (Wildman–Crippen LogP) is 2.33. The first-order chi connectivity index (χ1) is 13.1. The number of methoxy groups -OCH3 is 1. The maximum absolute atomic E-state index is 12.0. The lowest BCUT2D eigenvalue weighted by atomic mass is 9.73. The number of aromatic nitrogens is 1. The number of rotatable bonds is 5. The standard InChI is InChI=1S/C22H26N2O3/c1-4-15-13-24-10-8-16(15)11-21(24)22(27-14(2)25)18-7-9-23-20-6-5-17(26-3)12-19(18)20/h4-7,9,12,15-16,21-22H,1,8,10-11,13H2,2-3H3/p+1/t15-,16+,21-,22+/m0/s1. The van der Waals surface area contributed by atoms with Gasteiger partial charge in [0, 0.05) is 42.8 Å². The molecule has 2 aromatic rings. The Morgan fingerprint density at radius 3 is 2.93 bits per heavy atom. The van der Waals surface area contributed by atoms with E-state index in [2.05, 4.69) is 17.6 Å². The van der Waals surface area contributed by atoms with E-state index in [9.17, 15) is 4.79 Å². The third-order valence-corrected chi connectivity index (χ3v) is 6.27. The summed E-state index contributed by atoms with van der Waals surface area (Å²) in [5.41, 5.74) is 1.91. The van der Waals surface area contributed by atoms with Gasteiger partial charge < -0.3 is 14.4 Å². The van der Waals surface area contributed by atoms with Crippen molar-refractivity contribution in [2.45, 2.75) is 31.9 Å². The summed E-state index contributed by atoms with van der Waals surface area (Å²) in [6.45, 7) is 7.72. The van der Waals surface area contributed by atoms with Crippen LogP contribution in [-0.2, 0) is 9.53 Å². The summed E-state index contributed by atoms with van der Waals surface area (Å²) in [6, 6.07) is 8.11. The van der Waals surface area contributed by atoms with Gasteiger partial charge in [0.05, 0.1) is 25.7 Å². The van der Waals surface area contributed by atoms with Crippen LogP contribution in [0.5, 0.6) is 5.75 Å². The normalized spacial score (nSPS) is 27.9. The molecule has 0 radical (unpaired) electrons. The molecule has 4 heterocycles. The lowest BCUT2D eigenvalue weighted by Gasteiger charge is -2.48. The molecule has 0 amide bonds. The zero-order chi connectivity index (χ0) is 19.0. The van der Waals surface area contributed by atoms with E-state index in [1.807, 2.05) is 24.3 Å². The maximum atomic E-state index is 12.0. The van der Waals surface area contributed by atoms with E-state index < -0.39 is 0 Å². The number of hydrogen-bond acceptors (Lipinski definition) is 4. The molecule has 1 N–H and O–H groups in total. The van der Waals surface area contributed by atoms with Crippen LogP contribution in [0.2, 0.25) is 0 Å². The Labute approximate surface area is 160 Å². The van der Waals surface area contributed by atoms with Crippen LogP contribution in [0, 0.1) is 11.8 Å². The summed E-state index contributed by atoms with van der Waals surface area (Å²) in [5, 5.41) is 0.991. The van der Waals surface area contributed by atoms with Gasteiger partial charge in [0.1, 0.15) is 11.8 Å². The average molecular weight is 367 g/mol. The molecule has 0 spiro atoms. The molecule has 5 atom stereocenters. The fourth-order valence-corrected chi connectivity index (χ4v) is 4.95. The van der Waals surface area contributed by atoms with Crippen molar-refractivity contribution in [3.8, 4) is 5.75 Å². The molecule has 3 fully saturated rings. The lowest BCUT2D eigenvalue weighted by Crippen LogP contribution is -3.20. The largest absolute Gasteiger partial charge is 0.497 e. The minimum Gasteiger partial charge on any atom is -0.497 e. The minimum absolute atomic E-state index is 0.241. The topological polar surface area (TPSA) is 52.9 Å². The molecule has 2 bridgehead atoms. The van der Waals surface area contributed by atoms with Crippen molar-refractivity contribution in [1.29, 1.82) is 0 Å². The van der Waals surface area contributed by atoms with Crippen LogP contribution >= 0.6 is 0 Å². The van der Waals surface area contributed by atoms with Gasteiger partial charge in [-0.2, -0.15) is 0 Å². The monoisotopic (exact) mass is 367 g/mol. The van der Waals surface area contributed by atoms with Crippen LogP contribution < -0.4 is 9.64 Å². The smallest absolute Gasteiger partial charge is 0.303 e. The van der Waals surface area contributed by atoms with E-state index in [-0.39, 0.29) is 18.1 Å². The second-order valence-corrected chi connectivity index (χ2v) is 7.72. The molecule has 5 nitrogen and oxygen atoms in total. The second kappa shape index (κ2) is 7.31. The van der Waals surface area contributed by atoms with Gasteiger partial charge in [-0.25, -0.2) is 0 Å². The predicted molar refractivity (Wildman–Crippen MR) is 104 cm³/mol. The van der Waals surface area contributed by atoms with Gasteiger partial charge in [0.25, 0.3) is 0 Å². The number of nitrogens with zero attached hydrogens (tertiary/aromatic N) is 1. The Hall–Kier alpha value is -2.40. The number of piperidine rings is 3. The third-order valence-electron chi connectivity index (χ3n) is 6.27. The molecule has 0 saturated carbocycles. The second-order valence-electron chi connectivity index (χ2n) is 7.72. The Morgan fingerprint density at radius 2 is 2.26 bits per heavy atom. The number of carbonyl (C=O) groups excluding carboxylic acids is 1.